The summed E-state index contributed by atoms with van der Waals surface area (Å²) in [7, 11) is 1.68. The quantitative estimate of drug-likeness (QED) is 0.345. The van der Waals surface area contributed by atoms with E-state index in [0.717, 1.165) is 12.0 Å². The highest BCUT2D eigenvalue weighted by molar-refractivity contribution is 5.92. The van der Waals surface area contributed by atoms with Crippen molar-refractivity contribution in [1.29, 1.82) is 0 Å². The maximum absolute atomic E-state index is 14.0. The molecule has 12 heteroatoms. The van der Waals surface area contributed by atoms with Gasteiger partial charge in [-0.2, -0.15) is 0 Å². The van der Waals surface area contributed by atoms with E-state index in [-0.39, 0.29) is 41.8 Å². The van der Waals surface area contributed by atoms with Crippen LogP contribution in [0, 0.1) is 17.0 Å². The average molecular weight is 610 g/mol. The van der Waals surface area contributed by atoms with Crippen molar-refractivity contribution in [2.75, 3.05) is 26.7 Å². The summed E-state index contributed by atoms with van der Waals surface area (Å²) in [5.74, 6) is -1.56. The molecule has 0 radical (unpaired) electrons. The number of benzene rings is 2. The Kier molecular flexibility index (Phi) is 10.5. The van der Waals surface area contributed by atoms with Crippen LogP contribution < -0.4 is 10.6 Å². The summed E-state index contributed by atoms with van der Waals surface area (Å²) in [6.07, 6.45) is 3.40. The Morgan fingerprint density at radius 1 is 1.05 bits per heavy atom. The number of nitrogens with zero attached hydrogens (tertiary/aromatic N) is 5. The van der Waals surface area contributed by atoms with Gasteiger partial charge in [-0.25, -0.2) is 13.5 Å². The summed E-state index contributed by atoms with van der Waals surface area (Å²) in [5.41, 5.74) is 0.953. The predicted octanol–water partition coefficient (Wildman–Crippen LogP) is 3.36. The van der Waals surface area contributed by atoms with Crippen LogP contribution in [0.25, 0.3) is 5.69 Å². The molecule has 3 aromatic rings. The van der Waals surface area contributed by atoms with Crippen LogP contribution in [0.5, 0.6) is 0 Å². The van der Waals surface area contributed by atoms with Crippen molar-refractivity contribution in [2.45, 2.75) is 65.1 Å². The van der Waals surface area contributed by atoms with E-state index in [9.17, 15) is 23.2 Å². The molecule has 1 fully saturated rings. The topological polar surface area (TPSA) is 112 Å². The van der Waals surface area contributed by atoms with Crippen LogP contribution in [0.4, 0.5) is 8.78 Å². The summed E-state index contributed by atoms with van der Waals surface area (Å²) >= 11 is 0. The zero-order valence-electron chi connectivity index (χ0n) is 25.9. The number of amides is 3. The fourth-order valence-corrected chi connectivity index (χ4v) is 5.22. The summed E-state index contributed by atoms with van der Waals surface area (Å²) in [4.78, 5) is 44.0. The molecule has 0 aliphatic carbocycles. The van der Waals surface area contributed by atoms with Gasteiger partial charge in [0.05, 0.1) is 17.9 Å². The van der Waals surface area contributed by atoms with Crippen molar-refractivity contribution in [2.24, 2.45) is 5.41 Å². The van der Waals surface area contributed by atoms with Crippen molar-refractivity contribution in [1.82, 2.24) is 35.4 Å². The first-order valence-electron chi connectivity index (χ1n) is 14.9. The van der Waals surface area contributed by atoms with Gasteiger partial charge in [0.15, 0.2) is 5.69 Å². The smallest absolute Gasteiger partial charge is 0.276 e. The maximum atomic E-state index is 14.0. The molecule has 0 unspecified atom stereocenters. The highest BCUT2D eigenvalue weighted by Crippen LogP contribution is 2.27. The van der Waals surface area contributed by atoms with Gasteiger partial charge in [-0.05, 0) is 80.6 Å². The van der Waals surface area contributed by atoms with Crippen LogP contribution in [-0.2, 0) is 16.0 Å². The molecule has 10 nitrogen and oxygen atoms in total. The summed E-state index contributed by atoms with van der Waals surface area (Å²) in [5, 5.41) is 14.0. The highest BCUT2D eigenvalue weighted by atomic mass is 19.1. The minimum atomic E-state index is -0.759. The van der Waals surface area contributed by atoms with Gasteiger partial charge in [0.25, 0.3) is 5.91 Å². The van der Waals surface area contributed by atoms with Gasteiger partial charge in [0.2, 0.25) is 11.8 Å². The molecule has 2 heterocycles. The standard InChI is InChI=1S/C32H41F2N7O3/c1-21(35-5)29(42)36-28(32(2,3)4)31(44)40-17-6-7-26(40)19-39(18-16-22-8-10-23(33)11-9-22)30(43)27-20-41(38-37-27)25-14-12-24(34)13-15-25/h8-15,20-21,26,28,35H,6-7,16-19H2,1-5H3,(H,36,42)/t21-,26-,28+/m0/s1. The number of hydrogen-bond acceptors (Lipinski definition) is 6. The molecule has 3 amide bonds. The van der Waals surface area contributed by atoms with E-state index >= 15 is 0 Å². The fraction of sp³-hybridized carbons (Fsp3) is 0.469. The van der Waals surface area contributed by atoms with E-state index in [2.05, 4.69) is 20.9 Å². The van der Waals surface area contributed by atoms with Crippen LogP contribution in [0.2, 0.25) is 0 Å². The molecule has 0 spiro atoms. The van der Waals surface area contributed by atoms with Crippen LogP contribution in [-0.4, -0.2) is 87.3 Å². The SMILES string of the molecule is CN[C@@H](C)C(=O)N[C@H](C(=O)N1CCC[C@H]1CN(CCc1ccc(F)cc1)C(=O)c1cn(-c2ccc(F)cc2)nn1)C(C)(C)C. The largest absolute Gasteiger partial charge is 0.342 e. The molecule has 3 atom stereocenters. The molecule has 236 valence electrons. The van der Waals surface area contributed by atoms with Crippen LogP contribution in [0.1, 0.15) is 56.6 Å². The maximum Gasteiger partial charge on any atom is 0.276 e. The Labute approximate surface area is 256 Å². The first-order valence-corrected chi connectivity index (χ1v) is 14.9. The lowest BCUT2D eigenvalue weighted by Crippen LogP contribution is -2.59. The molecular weight excluding hydrogens is 568 g/mol. The van der Waals surface area contributed by atoms with Crippen LogP contribution >= 0.6 is 0 Å². The Hall–Kier alpha value is -4.19. The minimum Gasteiger partial charge on any atom is -0.342 e. The fourth-order valence-electron chi connectivity index (χ4n) is 5.22. The third-order valence-corrected chi connectivity index (χ3v) is 7.99. The number of halogens is 2. The van der Waals surface area contributed by atoms with Gasteiger partial charge in [-0.1, -0.05) is 38.1 Å². The van der Waals surface area contributed by atoms with Crippen molar-refractivity contribution in [3.63, 3.8) is 0 Å². The van der Waals surface area contributed by atoms with Crippen molar-refractivity contribution in [3.8, 4) is 5.69 Å². The second kappa shape index (κ2) is 14.1. The summed E-state index contributed by atoms with van der Waals surface area (Å²) < 4.78 is 28.3. The summed E-state index contributed by atoms with van der Waals surface area (Å²) in [6, 6.07) is 10.3. The molecule has 0 saturated carbocycles. The van der Waals surface area contributed by atoms with E-state index in [4.69, 9.17) is 0 Å². The number of aromatic nitrogens is 3. The van der Waals surface area contributed by atoms with Gasteiger partial charge in [0, 0.05) is 25.7 Å². The Morgan fingerprint density at radius 2 is 1.68 bits per heavy atom. The monoisotopic (exact) mass is 609 g/mol. The minimum absolute atomic E-state index is 0.102. The van der Waals surface area contributed by atoms with Gasteiger partial charge >= 0.3 is 0 Å². The van der Waals surface area contributed by atoms with Crippen molar-refractivity contribution in [3.05, 3.63) is 77.6 Å². The third-order valence-electron chi connectivity index (χ3n) is 7.99. The van der Waals surface area contributed by atoms with E-state index in [1.165, 1.54) is 47.3 Å². The highest BCUT2D eigenvalue weighted by Gasteiger charge is 2.41. The van der Waals surface area contributed by atoms with Crippen LogP contribution in [0.15, 0.2) is 54.7 Å². The second-order valence-corrected chi connectivity index (χ2v) is 12.3. The number of hydrogen-bond donors (Lipinski definition) is 2. The Morgan fingerprint density at radius 3 is 2.30 bits per heavy atom. The van der Waals surface area contributed by atoms with Crippen LogP contribution in [0.3, 0.4) is 0 Å². The normalized spacial score (nSPS) is 16.4. The van der Waals surface area contributed by atoms with E-state index in [0.29, 0.717) is 31.6 Å². The molecule has 2 aromatic carbocycles. The number of carbonyl (C=O) groups is 3. The second-order valence-electron chi connectivity index (χ2n) is 12.3. The number of likely N-dealkylation sites (N-methyl/N-ethyl adjacent to an activating group) is 1. The summed E-state index contributed by atoms with van der Waals surface area (Å²) in [6.45, 7) is 8.51. The van der Waals surface area contributed by atoms with E-state index < -0.39 is 23.3 Å². The van der Waals surface area contributed by atoms with E-state index in [1.807, 2.05) is 20.8 Å². The lowest BCUT2D eigenvalue weighted by molar-refractivity contribution is -0.140. The molecule has 1 aliphatic heterocycles. The third kappa shape index (κ3) is 8.04. The van der Waals surface area contributed by atoms with Gasteiger partial charge < -0.3 is 20.4 Å². The van der Waals surface area contributed by atoms with Gasteiger partial charge in [-0.3, -0.25) is 14.4 Å². The lowest BCUT2D eigenvalue weighted by Gasteiger charge is -2.37. The number of nitrogens with one attached hydrogen (secondary N) is 2. The number of carbonyl (C=O) groups excluding carboxylic acids is 3. The first kappa shape index (κ1) is 32.7. The Bertz CT molecular complexity index is 1440. The molecule has 1 aromatic heterocycles. The van der Waals surface area contributed by atoms with Gasteiger partial charge in [-0.15, -0.1) is 5.10 Å². The zero-order chi connectivity index (χ0) is 32.0. The molecule has 2 N–H and O–H groups in total. The van der Waals surface area contributed by atoms with Gasteiger partial charge in [0.1, 0.15) is 17.7 Å². The number of likely N-dealkylation sites (tertiary alicyclic amines) is 1. The number of rotatable bonds is 11. The average Bonchev–Trinajstić information content (AvgIpc) is 3.68. The molecule has 0 bridgehead atoms. The predicted molar refractivity (Wildman–Crippen MR) is 162 cm³/mol. The Balaban J connectivity index is 1.56. The zero-order valence-corrected chi connectivity index (χ0v) is 25.9. The molecule has 1 aliphatic rings. The van der Waals surface area contributed by atoms with Crippen molar-refractivity contribution < 1.29 is 23.2 Å². The molecule has 4 rings (SSSR count). The van der Waals surface area contributed by atoms with E-state index in [1.54, 1.807) is 35.9 Å². The lowest BCUT2D eigenvalue weighted by atomic mass is 9.85. The molecule has 44 heavy (non-hydrogen) atoms. The molecule has 1 saturated heterocycles. The first-order chi connectivity index (χ1) is 20.9. The molecular formula is C32H41F2N7O3. The van der Waals surface area contributed by atoms with Crippen molar-refractivity contribution >= 4 is 17.7 Å².